The van der Waals surface area contributed by atoms with Crippen LogP contribution >= 0.6 is 0 Å². The van der Waals surface area contributed by atoms with E-state index in [4.69, 9.17) is 0 Å². The van der Waals surface area contributed by atoms with Crippen molar-refractivity contribution in [3.63, 3.8) is 0 Å². The van der Waals surface area contributed by atoms with Crippen molar-refractivity contribution in [2.75, 3.05) is 31.1 Å². The van der Waals surface area contributed by atoms with Gasteiger partial charge in [0.2, 0.25) is 0 Å². The van der Waals surface area contributed by atoms with E-state index >= 15 is 0 Å². The molecule has 2 heterocycles. The second kappa shape index (κ2) is 8.31. The van der Waals surface area contributed by atoms with Crippen LogP contribution in [0.15, 0.2) is 84.9 Å². The van der Waals surface area contributed by atoms with Crippen LogP contribution in [0.3, 0.4) is 0 Å². The average molecular weight is 410 g/mol. The lowest BCUT2D eigenvalue weighted by atomic mass is 10.1. The van der Waals surface area contributed by atoms with E-state index in [1.54, 1.807) is 0 Å². The molecule has 4 nitrogen and oxygen atoms in total. The van der Waals surface area contributed by atoms with Crippen LogP contribution in [0.25, 0.3) is 10.9 Å². The zero-order valence-electron chi connectivity index (χ0n) is 17.9. The van der Waals surface area contributed by atoms with E-state index in [9.17, 15) is 4.79 Å². The van der Waals surface area contributed by atoms with E-state index in [2.05, 4.69) is 83.1 Å². The van der Waals surface area contributed by atoms with Gasteiger partial charge >= 0.3 is 0 Å². The molecule has 0 bridgehead atoms. The van der Waals surface area contributed by atoms with Gasteiger partial charge in [0, 0.05) is 55.0 Å². The fourth-order valence-electron chi connectivity index (χ4n) is 4.64. The molecule has 0 N–H and O–H groups in total. The number of fused-ring (bicyclic) bond motifs is 1. The maximum Gasteiger partial charge on any atom is 0.256 e. The molecule has 1 aliphatic heterocycles. The second-order valence-corrected chi connectivity index (χ2v) is 8.16. The maximum absolute atomic E-state index is 13.6. The molecule has 1 aliphatic rings. The summed E-state index contributed by atoms with van der Waals surface area (Å²) in [6.07, 6.45) is 0. The summed E-state index contributed by atoms with van der Waals surface area (Å²) < 4.78 is 2.28. The summed E-state index contributed by atoms with van der Waals surface area (Å²) in [4.78, 5) is 18.0. The zero-order valence-corrected chi connectivity index (χ0v) is 17.9. The molecule has 1 aromatic heterocycles. The highest BCUT2D eigenvalue weighted by Gasteiger charge is 2.27. The Morgan fingerprint density at radius 2 is 1.39 bits per heavy atom. The molecule has 0 unspecified atom stereocenters. The Morgan fingerprint density at radius 1 is 0.774 bits per heavy atom. The van der Waals surface area contributed by atoms with Gasteiger partial charge in [0.15, 0.2) is 0 Å². The monoisotopic (exact) mass is 409 g/mol. The molecule has 0 aliphatic carbocycles. The largest absolute Gasteiger partial charge is 0.368 e. The van der Waals surface area contributed by atoms with Gasteiger partial charge in [0.25, 0.3) is 5.91 Å². The van der Waals surface area contributed by atoms with Crippen LogP contribution in [0.5, 0.6) is 0 Å². The lowest BCUT2D eigenvalue weighted by molar-refractivity contribution is 0.0747. The van der Waals surface area contributed by atoms with Crippen molar-refractivity contribution in [2.24, 2.45) is 0 Å². The number of aromatic nitrogens is 1. The Balaban J connectivity index is 1.42. The highest BCUT2D eigenvalue weighted by Crippen LogP contribution is 2.28. The van der Waals surface area contributed by atoms with E-state index in [-0.39, 0.29) is 5.91 Å². The summed E-state index contributed by atoms with van der Waals surface area (Å²) in [6.45, 7) is 6.05. The number of benzene rings is 3. The van der Waals surface area contributed by atoms with Gasteiger partial charge in [0.05, 0.1) is 5.56 Å². The highest BCUT2D eigenvalue weighted by molar-refractivity contribution is 6.08. The van der Waals surface area contributed by atoms with E-state index in [1.807, 2.05) is 23.1 Å². The Morgan fingerprint density at radius 3 is 2.10 bits per heavy atom. The summed E-state index contributed by atoms with van der Waals surface area (Å²) in [5.41, 5.74) is 5.47. The van der Waals surface area contributed by atoms with Gasteiger partial charge in [-0.15, -0.1) is 0 Å². The van der Waals surface area contributed by atoms with Crippen molar-refractivity contribution in [3.05, 3.63) is 102 Å². The molecule has 5 rings (SSSR count). The summed E-state index contributed by atoms with van der Waals surface area (Å²) in [5, 5.41) is 1.05. The normalized spacial score (nSPS) is 14.2. The van der Waals surface area contributed by atoms with Crippen LogP contribution in [0.4, 0.5) is 5.69 Å². The number of piperazine rings is 1. The number of carbonyl (C=O) groups excluding carboxylic acids is 1. The minimum absolute atomic E-state index is 0.147. The Hall–Kier alpha value is -3.53. The summed E-state index contributed by atoms with van der Waals surface area (Å²) in [7, 11) is 0. The number of anilines is 1. The molecule has 1 fully saturated rings. The summed E-state index contributed by atoms with van der Waals surface area (Å²) in [6, 6.07) is 29.2. The highest BCUT2D eigenvalue weighted by atomic mass is 16.2. The van der Waals surface area contributed by atoms with E-state index in [0.29, 0.717) is 0 Å². The van der Waals surface area contributed by atoms with Gasteiger partial charge in [-0.3, -0.25) is 4.79 Å². The number of rotatable bonds is 4. The maximum atomic E-state index is 13.6. The molecule has 31 heavy (non-hydrogen) atoms. The Kier molecular flexibility index (Phi) is 5.21. The second-order valence-electron chi connectivity index (χ2n) is 8.16. The predicted octanol–water partition coefficient (Wildman–Crippen LogP) is 4.96. The van der Waals surface area contributed by atoms with Crippen molar-refractivity contribution >= 4 is 22.5 Å². The quantitative estimate of drug-likeness (QED) is 0.477. The molecule has 4 aromatic rings. The molecule has 4 heteroatoms. The fraction of sp³-hybridized carbons (Fsp3) is 0.222. The molecule has 0 spiro atoms. The smallest absolute Gasteiger partial charge is 0.256 e. The predicted molar refractivity (Wildman–Crippen MR) is 127 cm³/mol. The Bertz CT molecular complexity index is 1190. The third kappa shape index (κ3) is 3.70. The summed E-state index contributed by atoms with van der Waals surface area (Å²) >= 11 is 0. The number of hydrogen-bond donors (Lipinski definition) is 0. The van der Waals surface area contributed by atoms with Gasteiger partial charge in [-0.1, -0.05) is 66.7 Å². The van der Waals surface area contributed by atoms with Crippen LogP contribution in [0, 0.1) is 6.92 Å². The molecule has 1 saturated heterocycles. The van der Waals surface area contributed by atoms with E-state index in [1.165, 1.54) is 11.3 Å². The first-order chi connectivity index (χ1) is 15.2. The first kappa shape index (κ1) is 19.4. The lowest BCUT2D eigenvalue weighted by Gasteiger charge is -2.36. The van der Waals surface area contributed by atoms with E-state index in [0.717, 1.165) is 54.9 Å². The SMILES string of the molecule is Cc1c(C(=O)N2CCN(c3ccccc3)CC2)c2ccccc2n1Cc1ccccc1. The van der Waals surface area contributed by atoms with Crippen LogP contribution in [0.2, 0.25) is 0 Å². The van der Waals surface area contributed by atoms with Crippen molar-refractivity contribution in [3.8, 4) is 0 Å². The fourth-order valence-corrected chi connectivity index (χ4v) is 4.64. The molecule has 0 radical (unpaired) electrons. The average Bonchev–Trinajstić information content (AvgIpc) is 3.11. The molecule has 3 aromatic carbocycles. The lowest BCUT2D eigenvalue weighted by Crippen LogP contribution is -2.48. The molecular weight excluding hydrogens is 382 g/mol. The van der Waals surface area contributed by atoms with Crippen LogP contribution < -0.4 is 4.90 Å². The van der Waals surface area contributed by atoms with E-state index < -0.39 is 0 Å². The third-order valence-electron chi connectivity index (χ3n) is 6.32. The standard InChI is InChI=1S/C27H27N3O/c1-21-26(27(31)29-18-16-28(17-19-29)23-12-6-3-7-13-23)24-14-8-9-15-25(24)30(21)20-22-10-4-2-5-11-22/h2-15H,16-20H2,1H3. The van der Waals surface area contributed by atoms with Crippen molar-refractivity contribution < 1.29 is 4.79 Å². The number of carbonyl (C=O) groups is 1. The number of amides is 1. The number of hydrogen-bond acceptors (Lipinski definition) is 2. The number of nitrogens with zero attached hydrogens (tertiary/aromatic N) is 3. The van der Waals surface area contributed by atoms with Crippen molar-refractivity contribution in [1.29, 1.82) is 0 Å². The molecular formula is C27H27N3O. The molecule has 0 saturated carbocycles. The van der Waals surface area contributed by atoms with Gasteiger partial charge in [0.1, 0.15) is 0 Å². The molecule has 1 amide bonds. The van der Waals surface area contributed by atoms with Gasteiger partial charge in [-0.25, -0.2) is 0 Å². The topological polar surface area (TPSA) is 28.5 Å². The molecule has 0 atom stereocenters. The van der Waals surface area contributed by atoms with Crippen LogP contribution in [0.1, 0.15) is 21.6 Å². The van der Waals surface area contributed by atoms with Gasteiger partial charge in [-0.05, 0) is 30.7 Å². The Labute approximate surface area is 183 Å². The third-order valence-corrected chi connectivity index (χ3v) is 6.32. The number of para-hydroxylation sites is 2. The van der Waals surface area contributed by atoms with Crippen LogP contribution in [-0.4, -0.2) is 41.6 Å². The first-order valence-electron chi connectivity index (χ1n) is 10.9. The minimum atomic E-state index is 0.147. The first-order valence-corrected chi connectivity index (χ1v) is 10.9. The zero-order chi connectivity index (χ0) is 21.2. The van der Waals surface area contributed by atoms with Crippen LogP contribution in [-0.2, 0) is 6.54 Å². The summed E-state index contributed by atoms with van der Waals surface area (Å²) in [5.74, 6) is 0.147. The van der Waals surface area contributed by atoms with Gasteiger partial charge in [-0.2, -0.15) is 0 Å². The van der Waals surface area contributed by atoms with Crippen molar-refractivity contribution in [1.82, 2.24) is 9.47 Å². The van der Waals surface area contributed by atoms with Crippen molar-refractivity contribution in [2.45, 2.75) is 13.5 Å². The minimum Gasteiger partial charge on any atom is -0.368 e. The molecule has 156 valence electrons. The van der Waals surface area contributed by atoms with Gasteiger partial charge < -0.3 is 14.4 Å².